The average molecular weight is 659 g/mol. The summed E-state index contributed by atoms with van der Waals surface area (Å²) < 4.78 is 36.3. The van der Waals surface area contributed by atoms with Gasteiger partial charge in [-0.25, -0.2) is 32.6 Å². The number of pyridine rings is 2. The molecule has 1 aromatic carbocycles. The Labute approximate surface area is 266 Å². The van der Waals surface area contributed by atoms with Crippen LogP contribution in [0, 0.1) is 5.41 Å². The minimum Gasteiger partial charge on any atom is -0.480 e. The van der Waals surface area contributed by atoms with Crippen molar-refractivity contribution in [1.29, 1.82) is 0 Å². The largest absolute Gasteiger partial charge is 0.480 e. The lowest BCUT2D eigenvalue weighted by molar-refractivity contribution is -0.141. The highest BCUT2D eigenvalue weighted by molar-refractivity contribution is 7.89. The number of anilines is 1. The number of ether oxygens (including phenoxy) is 1. The molecular formula is C31H35ClN4O6S2. The maximum atomic E-state index is 13.5. The van der Waals surface area contributed by atoms with Crippen LogP contribution in [0.25, 0.3) is 10.1 Å². The minimum atomic E-state index is -4.06. The van der Waals surface area contributed by atoms with Crippen LogP contribution in [-0.4, -0.2) is 47.2 Å². The second-order valence-electron chi connectivity index (χ2n) is 12.3. The van der Waals surface area contributed by atoms with Gasteiger partial charge in [0.15, 0.2) is 0 Å². The van der Waals surface area contributed by atoms with E-state index in [2.05, 4.69) is 14.7 Å². The molecule has 2 unspecified atom stereocenters. The number of nitrogens with zero attached hydrogens (tertiary/aromatic N) is 3. The van der Waals surface area contributed by atoms with Crippen LogP contribution in [0.15, 0.2) is 71.9 Å². The lowest BCUT2D eigenvalue weighted by Gasteiger charge is -2.37. The molecule has 44 heavy (non-hydrogen) atoms. The molecule has 0 radical (unpaired) electrons. The molecule has 1 amide bonds. The zero-order chi connectivity index (χ0) is 32.4. The number of hydrogen-bond acceptors (Lipinski definition) is 8. The average Bonchev–Trinajstić information content (AvgIpc) is 3.31. The van der Waals surface area contributed by atoms with Crippen LogP contribution in [0.2, 0.25) is 5.02 Å². The highest BCUT2D eigenvalue weighted by Gasteiger charge is 2.43. The zero-order valence-electron chi connectivity index (χ0n) is 25.2. The van der Waals surface area contributed by atoms with Crippen molar-refractivity contribution in [3.05, 3.63) is 82.6 Å². The minimum absolute atomic E-state index is 0.00720. The van der Waals surface area contributed by atoms with E-state index in [0.29, 0.717) is 5.02 Å². The summed E-state index contributed by atoms with van der Waals surface area (Å²) in [7, 11) is -4.06. The number of fused-ring (bicyclic) bond motifs is 1. The lowest BCUT2D eigenvalue weighted by Crippen LogP contribution is -2.54. The number of thiophene rings is 1. The number of aromatic nitrogens is 2. The molecule has 0 aliphatic heterocycles. The highest BCUT2D eigenvalue weighted by Crippen LogP contribution is 2.34. The van der Waals surface area contributed by atoms with Gasteiger partial charge < -0.3 is 9.84 Å². The van der Waals surface area contributed by atoms with E-state index in [9.17, 15) is 23.1 Å². The number of rotatable bonds is 9. The first-order valence-electron chi connectivity index (χ1n) is 13.8. The Kier molecular flexibility index (Phi) is 9.69. The molecule has 0 saturated heterocycles. The number of nitrogens with one attached hydrogen (secondary N) is 1. The van der Waals surface area contributed by atoms with Crippen LogP contribution in [0.4, 0.5) is 10.6 Å². The molecule has 2 atom stereocenters. The summed E-state index contributed by atoms with van der Waals surface area (Å²) in [6, 6.07) is 12.9. The van der Waals surface area contributed by atoms with Crippen molar-refractivity contribution in [1.82, 2.24) is 14.7 Å². The second kappa shape index (κ2) is 12.8. The molecule has 234 valence electrons. The monoisotopic (exact) mass is 658 g/mol. The van der Waals surface area contributed by atoms with Crippen molar-refractivity contribution >= 4 is 60.9 Å². The molecule has 0 aliphatic rings. The summed E-state index contributed by atoms with van der Waals surface area (Å²) in [5.41, 5.74) is -1.56. The Bertz CT molecular complexity index is 1770. The van der Waals surface area contributed by atoms with Gasteiger partial charge in [0.1, 0.15) is 22.4 Å². The number of carbonyl (C=O) groups excluding carboxylic acids is 1. The Morgan fingerprint density at radius 3 is 2.41 bits per heavy atom. The second-order valence-corrected chi connectivity index (χ2v) is 15.7. The number of carboxylic acids is 1. The molecule has 3 aromatic heterocycles. The van der Waals surface area contributed by atoms with Crippen LogP contribution in [0.5, 0.6) is 0 Å². The van der Waals surface area contributed by atoms with Crippen LogP contribution in [-0.2, 0) is 26.0 Å². The first-order valence-corrected chi connectivity index (χ1v) is 16.4. The zero-order valence-corrected chi connectivity index (χ0v) is 27.6. The molecule has 0 saturated carbocycles. The fourth-order valence-electron chi connectivity index (χ4n) is 4.61. The molecule has 0 bridgehead atoms. The van der Waals surface area contributed by atoms with Crippen LogP contribution >= 0.6 is 22.9 Å². The Hall–Kier alpha value is -3.58. The van der Waals surface area contributed by atoms with Gasteiger partial charge >= 0.3 is 12.1 Å². The first-order chi connectivity index (χ1) is 20.4. The Morgan fingerprint density at radius 1 is 1.07 bits per heavy atom. The molecule has 4 rings (SSSR count). The summed E-state index contributed by atoms with van der Waals surface area (Å²) in [5.74, 6) is -1.24. The number of amides is 1. The number of carboxylic acid groups (broad SMARTS) is 1. The molecule has 4 aromatic rings. The summed E-state index contributed by atoms with van der Waals surface area (Å²) >= 11 is 7.66. The van der Waals surface area contributed by atoms with E-state index in [1.807, 2.05) is 18.2 Å². The van der Waals surface area contributed by atoms with Gasteiger partial charge in [-0.1, -0.05) is 44.5 Å². The lowest BCUT2D eigenvalue weighted by atomic mass is 9.85. The van der Waals surface area contributed by atoms with Gasteiger partial charge in [-0.05, 0) is 74.0 Å². The Balaban J connectivity index is 1.83. The summed E-state index contributed by atoms with van der Waals surface area (Å²) in [5, 5.41) is 11.8. The smallest absolute Gasteiger partial charge is 0.416 e. The fourth-order valence-corrected chi connectivity index (χ4v) is 7.17. The number of halogens is 1. The van der Waals surface area contributed by atoms with E-state index in [1.54, 1.807) is 59.7 Å². The van der Waals surface area contributed by atoms with Gasteiger partial charge in [-0.3, -0.25) is 4.98 Å². The van der Waals surface area contributed by atoms with E-state index >= 15 is 0 Å². The molecule has 0 aliphatic carbocycles. The van der Waals surface area contributed by atoms with Gasteiger partial charge in [0.2, 0.25) is 10.0 Å². The van der Waals surface area contributed by atoms with Gasteiger partial charge in [-0.15, -0.1) is 11.3 Å². The third-order valence-corrected chi connectivity index (χ3v) is 9.26. The van der Waals surface area contributed by atoms with Gasteiger partial charge in [0, 0.05) is 33.4 Å². The number of hydrogen-bond donors (Lipinski definition) is 2. The van der Waals surface area contributed by atoms with E-state index in [0.717, 1.165) is 19.9 Å². The number of sulfonamides is 1. The van der Waals surface area contributed by atoms with E-state index < -0.39 is 45.2 Å². The van der Waals surface area contributed by atoms with Crippen molar-refractivity contribution in [2.75, 3.05) is 4.90 Å². The third-order valence-electron chi connectivity index (χ3n) is 6.44. The summed E-state index contributed by atoms with van der Waals surface area (Å²) in [6.07, 6.45) is 2.04. The molecule has 13 heteroatoms. The molecule has 10 nitrogen and oxygen atoms in total. The van der Waals surface area contributed by atoms with Crippen LogP contribution in [0.1, 0.15) is 58.2 Å². The highest BCUT2D eigenvalue weighted by atomic mass is 35.5. The van der Waals surface area contributed by atoms with Crippen molar-refractivity contribution in [3.63, 3.8) is 0 Å². The maximum Gasteiger partial charge on any atom is 0.416 e. The van der Waals surface area contributed by atoms with Gasteiger partial charge in [0.25, 0.3) is 0 Å². The maximum absolute atomic E-state index is 13.5. The number of benzene rings is 1. The normalized spacial score (nSPS) is 13.8. The van der Waals surface area contributed by atoms with Crippen molar-refractivity contribution < 1.29 is 27.9 Å². The summed E-state index contributed by atoms with van der Waals surface area (Å²) in [6.45, 7) is 10.1. The van der Waals surface area contributed by atoms with E-state index in [4.69, 9.17) is 16.3 Å². The Morgan fingerprint density at radius 2 is 1.80 bits per heavy atom. The van der Waals surface area contributed by atoms with Crippen molar-refractivity contribution in [2.45, 2.75) is 70.5 Å². The molecule has 0 fully saturated rings. The third kappa shape index (κ3) is 8.12. The molecule has 3 heterocycles. The number of aliphatic carboxylic acids is 1. The predicted octanol–water partition coefficient (Wildman–Crippen LogP) is 6.85. The van der Waals surface area contributed by atoms with Crippen LogP contribution < -0.4 is 9.62 Å². The van der Waals surface area contributed by atoms with Gasteiger partial charge in [0.05, 0.1) is 11.7 Å². The van der Waals surface area contributed by atoms with Gasteiger partial charge in [-0.2, -0.15) is 0 Å². The predicted molar refractivity (Wildman–Crippen MR) is 172 cm³/mol. The number of carbonyl (C=O) groups is 2. The summed E-state index contributed by atoms with van der Waals surface area (Å²) in [4.78, 5) is 36.6. The van der Waals surface area contributed by atoms with E-state index in [-0.39, 0.29) is 22.8 Å². The standard InChI is InChI=1S/C31H35ClN4O6S2/c1-30(2,3)27(28(37)38)36(29(39)42-31(4,5)6)26-11-7-10-23(34-26)24(35-44(40,41)22-9-8-14-33-18-22)17-21-15-19-12-13-20(32)16-25(19)43-21/h7-16,18,24,27,35H,17H2,1-6H3,(H,37,38). The quantitative estimate of drug-likeness (QED) is 0.199. The van der Waals surface area contributed by atoms with Crippen LogP contribution in [0.3, 0.4) is 0 Å². The first kappa shape index (κ1) is 33.3. The van der Waals surface area contributed by atoms with E-state index in [1.165, 1.54) is 41.9 Å². The molecule has 2 N–H and O–H groups in total. The fraction of sp³-hybridized carbons (Fsp3) is 0.355. The topological polar surface area (TPSA) is 139 Å². The molecule has 0 spiro atoms. The van der Waals surface area contributed by atoms with Crippen molar-refractivity contribution in [3.8, 4) is 0 Å². The van der Waals surface area contributed by atoms with Crippen molar-refractivity contribution in [2.24, 2.45) is 5.41 Å². The molecular weight excluding hydrogens is 624 g/mol. The SMILES string of the molecule is CC(C)(C)OC(=O)N(c1cccc(C(Cc2cc3ccc(Cl)cc3s2)NS(=O)(=O)c2cccnc2)n1)C(C(=O)O)C(C)(C)C.